The first-order valence-corrected chi connectivity index (χ1v) is 7.85. The molecule has 2 rings (SSSR count). The molecule has 0 aromatic heterocycles. The van der Waals surface area contributed by atoms with Crippen LogP contribution in [0, 0.1) is 11.2 Å². The van der Waals surface area contributed by atoms with E-state index in [-0.39, 0.29) is 29.9 Å². The summed E-state index contributed by atoms with van der Waals surface area (Å²) in [5.74, 6) is -0.227. The molecule has 3 N–H and O–H groups in total. The van der Waals surface area contributed by atoms with Gasteiger partial charge in [0.25, 0.3) is 0 Å². The summed E-state index contributed by atoms with van der Waals surface area (Å²) in [5.41, 5.74) is 1.89. The van der Waals surface area contributed by atoms with E-state index in [9.17, 15) is 14.3 Å². The Bertz CT molecular complexity index is 531. The standard InChI is InChI=1S/C17H25FN2O2/c1-17(2,11-21)8-3-9-19-16(22)20-15-7-4-12-10-13(18)5-6-14(12)15/h5-6,10,15,21H,3-4,7-9,11H2,1-2H3,(H2,19,20,22). The third-order valence-electron chi connectivity index (χ3n) is 4.23. The maximum atomic E-state index is 13.2. The maximum Gasteiger partial charge on any atom is 0.315 e. The van der Waals surface area contributed by atoms with Gasteiger partial charge in [-0.25, -0.2) is 9.18 Å². The third kappa shape index (κ3) is 4.44. The summed E-state index contributed by atoms with van der Waals surface area (Å²) in [5, 5.41) is 15.0. The Kier molecular flexibility index (Phi) is 5.40. The van der Waals surface area contributed by atoms with Gasteiger partial charge in [-0.1, -0.05) is 19.9 Å². The number of rotatable bonds is 6. The number of aryl methyl sites for hydroxylation is 1. The Hall–Kier alpha value is -1.62. The number of nitrogens with one attached hydrogen (secondary N) is 2. The number of aliphatic hydroxyl groups is 1. The highest BCUT2D eigenvalue weighted by Crippen LogP contribution is 2.31. The molecule has 22 heavy (non-hydrogen) atoms. The van der Waals surface area contributed by atoms with Gasteiger partial charge in [-0.3, -0.25) is 0 Å². The maximum absolute atomic E-state index is 13.2. The molecule has 0 aliphatic heterocycles. The number of halogens is 1. The summed E-state index contributed by atoms with van der Waals surface area (Å²) in [7, 11) is 0. The molecule has 4 nitrogen and oxygen atoms in total. The number of urea groups is 1. The Balaban J connectivity index is 1.75. The highest BCUT2D eigenvalue weighted by atomic mass is 19.1. The number of hydrogen-bond acceptors (Lipinski definition) is 2. The predicted molar refractivity (Wildman–Crippen MR) is 84.1 cm³/mol. The summed E-state index contributed by atoms with van der Waals surface area (Å²) in [6, 6.07) is 4.51. The zero-order valence-electron chi connectivity index (χ0n) is 13.3. The van der Waals surface area contributed by atoms with Crippen LogP contribution in [0.25, 0.3) is 0 Å². The first kappa shape index (κ1) is 16.7. The van der Waals surface area contributed by atoms with Crippen molar-refractivity contribution in [2.24, 2.45) is 5.41 Å². The number of fused-ring (bicyclic) bond motifs is 1. The number of amides is 2. The van der Waals surface area contributed by atoms with E-state index in [0.29, 0.717) is 6.54 Å². The number of carbonyl (C=O) groups excluding carboxylic acids is 1. The molecule has 0 radical (unpaired) electrons. The predicted octanol–water partition coefficient (Wildman–Crippen LogP) is 2.91. The summed E-state index contributed by atoms with van der Waals surface area (Å²) in [6.07, 6.45) is 3.29. The minimum atomic E-state index is -0.227. The van der Waals surface area contributed by atoms with Crippen LogP contribution in [0.4, 0.5) is 9.18 Å². The molecule has 1 aliphatic rings. The first-order valence-electron chi connectivity index (χ1n) is 7.85. The summed E-state index contributed by atoms with van der Waals surface area (Å²) < 4.78 is 13.2. The summed E-state index contributed by atoms with van der Waals surface area (Å²) in [6.45, 7) is 4.73. The molecule has 5 heteroatoms. The number of aliphatic hydroxyl groups excluding tert-OH is 1. The minimum absolute atomic E-state index is 0.0375. The van der Waals surface area contributed by atoms with Crippen LogP contribution < -0.4 is 10.6 Å². The van der Waals surface area contributed by atoms with Crippen molar-refractivity contribution in [3.8, 4) is 0 Å². The molecule has 0 spiro atoms. The molecule has 0 saturated carbocycles. The van der Waals surface area contributed by atoms with E-state index in [2.05, 4.69) is 10.6 Å². The van der Waals surface area contributed by atoms with Gasteiger partial charge in [-0.15, -0.1) is 0 Å². The first-order chi connectivity index (χ1) is 10.4. The van der Waals surface area contributed by atoms with Gasteiger partial charge in [-0.2, -0.15) is 0 Å². The molecule has 1 atom stereocenters. The Morgan fingerprint density at radius 3 is 2.95 bits per heavy atom. The summed E-state index contributed by atoms with van der Waals surface area (Å²) in [4.78, 5) is 11.9. The van der Waals surface area contributed by atoms with Crippen molar-refractivity contribution in [1.82, 2.24) is 10.6 Å². The van der Waals surface area contributed by atoms with Crippen LogP contribution in [0.1, 0.15) is 50.3 Å². The van der Waals surface area contributed by atoms with Crippen molar-refractivity contribution in [2.45, 2.75) is 45.6 Å². The average Bonchev–Trinajstić information content (AvgIpc) is 2.86. The van der Waals surface area contributed by atoms with Crippen molar-refractivity contribution < 1.29 is 14.3 Å². The quantitative estimate of drug-likeness (QED) is 0.708. The van der Waals surface area contributed by atoms with Gasteiger partial charge >= 0.3 is 6.03 Å². The van der Waals surface area contributed by atoms with Crippen LogP contribution in [-0.2, 0) is 6.42 Å². The molecule has 0 bridgehead atoms. The Morgan fingerprint density at radius 1 is 1.45 bits per heavy atom. The number of hydrogen-bond donors (Lipinski definition) is 3. The number of carbonyl (C=O) groups is 1. The normalized spacial score (nSPS) is 17.2. The lowest BCUT2D eigenvalue weighted by Gasteiger charge is -2.21. The van der Waals surface area contributed by atoms with Gasteiger partial charge in [-0.05, 0) is 54.4 Å². The zero-order valence-corrected chi connectivity index (χ0v) is 13.3. The van der Waals surface area contributed by atoms with E-state index >= 15 is 0 Å². The fourth-order valence-corrected chi connectivity index (χ4v) is 2.79. The lowest BCUT2D eigenvalue weighted by molar-refractivity contribution is 0.148. The molecule has 0 fully saturated rings. The second kappa shape index (κ2) is 7.09. The topological polar surface area (TPSA) is 61.4 Å². The van der Waals surface area contributed by atoms with Crippen LogP contribution in [0.2, 0.25) is 0 Å². The van der Waals surface area contributed by atoms with E-state index < -0.39 is 0 Å². The van der Waals surface area contributed by atoms with Crippen molar-refractivity contribution >= 4 is 6.03 Å². The monoisotopic (exact) mass is 308 g/mol. The highest BCUT2D eigenvalue weighted by molar-refractivity contribution is 5.74. The van der Waals surface area contributed by atoms with Crippen LogP contribution in [-0.4, -0.2) is 24.3 Å². The molecular weight excluding hydrogens is 283 g/mol. The number of benzene rings is 1. The van der Waals surface area contributed by atoms with Crippen LogP contribution in [0.15, 0.2) is 18.2 Å². The van der Waals surface area contributed by atoms with E-state index in [1.807, 2.05) is 13.8 Å². The van der Waals surface area contributed by atoms with E-state index in [0.717, 1.165) is 36.8 Å². The fraction of sp³-hybridized carbons (Fsp3) is 0.588. The molecule has 1 aliphatic carbocycles. The Labute approximate surface area is 131 Å². The summed E-state index contributed by atoms with van der Waals surface area (Å²) >= 11 is 0. The van der Waals surface area contributed by atoms with Gasteiger partial charge in [0, 0.05) is 13.2 Å². The third-order valence-corrected chi connectivity index (χ3v) is 4.23. The molecular formula is C17H25FN2O2. The largest absolute Gasteiger partial charge is 0.396 e. The van der Waals surface area contributed by atoms with Gasteiger partial charge in [0.1, 0.15) is 5.82 Å². The van der Waals surface area contributed by atoms with Crippen molar-refractivity contribution in [3.05, 3.63) is 35.1 Å². The average molecular weight is 308 g/mol. The van der Waals surface area contributed by atoms with Crippen LogP contribution in [0.3, 0.4) is 0 Å². The van der Waals surface area contributed by atoms with Crippen molar-refractivity contribution in [2.75, 3.05) is 13.2 Å². The highest BCUT2D eigenvalue weighted by Gasteiger charge is 2.24. The molecule has 2 amide bonds. The van der Waals surface area contributed by atoms with Gasteiger partial charge in [0.15, 0.2) is 0 Å². The smallest absolute Gasteiger partial charge is 0.315 e. The SMILES string of the molecule is CC(C)(CO)CCCNC(=O)NC1CCc2cc(F)ccc21. The van der Waals surface area contributed by atoms with Gasteiger partial charge in [0.2, 0.25) is 0 Å². The molecule has 0 heterocycles. The molecule has 1 aromatic carbocycles. The van der Waals surface area contributed by atoms with Crippen LogP contribution >= 0.6 is 0 Å². The van der Waals surface area contributed by atoms with E-state index in [1.165, 1.54) is 6.07 Å². The minimum Gasteiger partial charge on any atom is -0.396 e. The Morgan fingerprint density at radius 2 is 2.23 bits per heavy atom. The van der Waals surface area contributed by atoms with Crippen LogP contribution in [0.5, 0.6) is 0 Å². The lowest BCUT2D eigenvalue weighted by Crippen LogP contribution is -2.38. The second-order valence-corrected chi connectivity index (χ2v) is 6.76. The second-order valence-electron chi connectivity index (χ2n) is 6.76. The fourth-order valence-electron chi connectivity index (χ4n) is 2.79. The molecule has 1 unspecified atom stereocenters. The van der Waals surface area contributed by atoms with E-state index in [1.54, 1.807) is 12.1 Å². The molecule has 1 aromatic rings. The van der Waals surface area contributed by atoms with E-state index in [4.69, 9.17) is 0 Å². The van der Waals surface area contributed by atoms with Gasteiger partial charge < -0.3 is 15.7 Å². The van der Waals surface area contributed by atoms with Crippen molar-refractivity contribution in [3.63, 3.8) is 0 Å². The zero-order chi connectivity index (χ0) is 16.2. The molecule has 0 saturated heterocycles. The van der Waals surface area contributed by atoms with Crippen molar-refractivity contribution in [1.29, 1.82) is 0 Å². The van der Waals surface area contributed by atoms with Gasteiger partial charge in [0.05, 0.1) is 6.04 Å². The molecule has 122 valence electrons. The lowest BCUT2D eigenvalue weighted by atomic mass is 9.89.